The summed E-state index contributed by atoms with van der Waals surface area (Å²) in [5.41, 5.74) is 5.78. The van der Waals surface area contributed by atoms with Crippen LogP contribution in [-0.2, 0) is 11.2 Å². The Kier molecular flexibility index (Phi) is 2.39. The molecule has 1 N–H and O–H groups in total. The van der Waals surface area contributed by atoms with Crippen LogP contribution in [0.4, 0.5) is 0 Å². The van der Waals surface area contributed by atoms with Gasteiger partial charge in [0.05, 0.1) is 0 Å². The molecule has 1 aliphatic rings. The van der Waals surface area contributed by atoms with E-state index in [1.807, 2.05) is 30.3 Å². The van der Waals surface area contributed by atoms with Crippen molar-refractivity contribution >= 4 is 5.97 Å². The van der Waals surface area contributed by atoms with Crippen molar-refractivity contribution < 1.29 is 9.90 Å². The molecule has 0 saturated heterocycles. The van der Waals surface area contributed by atoms with Crippen molar-refractivity contribution in [2.75, 3.05) is 0 Å². The van der Waals surface area contributed by atoms with Gasteiger partial charge in [0.2, 0.25) is 0 Å². The highest BCUT2D eigenvalue weighted by Gasteiger charge is 2.17. The third-order valence-electron chi connectivity index (χ3n) is 3.11. The molecule has 0 fully saturated rings. The van der Waals surface area contributed by atoms with Crippen molar-refractivity contribution in [2.24, 2.45) is 0 Å². The molecule has 0 aliphatic heterocycles. The summed E-state index contributed by atoms with van der Waals surface area (Å²) in [6, 6.07) is 14.2. The Morgan fingerprint density at radius 1 is 1.06 bits per heavy atom. The lowest BCUT2D eigenvalue weighted by Gasteiger charge is -2.00. The number of carboxylic acids is 1. The van der Waals surface area contributed by atoms with E-state index in [1.165, 1.54) is 22.3 Å². The standard InChI is InChI=1S/C16H10O2/c17-16(18)8-6-11-5-7-15-13(9-11)10-12-3-1-2-4-14(12)15/h1-5,7,9H,10H2,(H,17,18). The Morgan fingerprint density at radius 2 is 1.83 bits per heavy atom. The van der Waals surface area contributed by atoms with Gasteiger partial charge in [-0.2, -0.15) is 0 Å². The topological polar surface area (TPSA) is 37.3 Å². The summed E-state index contributed by atoms with van der Waals surface area (Å²) >= 11 is 0. The Hall–Kier alpha value is -2.53. The van der Waals surface area contributed by atoms with E-state index in [0.29, 0.717) is 0 Å². The van der Waals surface area contributed by atoms with E-state index in [0.717, 1.165) is 12.0 Å². The molecule has 0 atom stereocenters. The van der Waals surface area contributed by atoms with Gasteiger partial charge in [-0.3, -0.25) is 0 Å². The summed E-state index contributed by atoms with van der Waals surface area (Å²) in [5.74, 6) is 3.69. The number of hydrogen-bond donors (Lipinski definition) is 1. The Labute approximate surface area is 105 Å². The fraction of sp³-hybridized carbons (Fsp3) is 0.0625. The van der Waals surface area contributed by atoms with E-state index in [2.05, 4.69) is 24.0 Å². The quantitative estimate of drug-likeness (QED) is 0.607. The molecule has 0 unspecified atom stereocenters. The van der Waals surface area contributed by atoms with Crippen LogP contribution in [0, 0.1) is 11.8 Å². The molecular weight excluding hydrogens is 224 g/mol. The van der Waals surface area contributed by atoms with Crippen LogP contribution in [0.15, 0.2) is 42.5 Å². The average Bonchev–Trinajstić information content (AvgIpc) is 2.73. The molecule has 2 heteroatoms. The van der Waals surface area contributed by atoms with Crippen LogP contribution in [0.3, 0.4) is 0 Å². The van der Waals surface area contributed by atoms with Gasteiger partial charge in [-0.1, -0.05) is 36.3 Å². The van der Waals surface area contributed by atoms with Crippen molar-refractivity contribution in [3.63, 3.8) is 0 Å². The SMILES string of the molecule is O=C(O)C#Cc1ccc2c(c1)Cc1ccccc1-2. The van der Waals surface area contributed by atoms with Crippen molar-refractivity contribution in [1.29, 1.82) is 0 Å². The predicted octanol–water partition coefficient (Wildman–Crippen LogP) is 2.69. The fourth-order valence-corrected chi connectivity index (χ4v) is 2.35. The normalized spacial score (nSPS) is 11.1. The smallest absolute Gasteiger partial charge is 0.382 e. The first kappa shape index (κ1) is 10.6. The second-order valence-corrected chi connectivity index (χ2v) is 4.26. The number of carbonyl (C=O) groups is 1. The van der Waals surface area contributed by atoms with E-state index < -0.39 is 5.97 Å². The molecule has 0 radical (unpaired) electrons. The summed E-state index contributed by atoms with van der Waals surface area (Å²) < 4.78 is 0. The van der Waals surface area contributed by atoms with Crippen molar-refractivity contribution in [3.05, 3.63) is 59.2 Å². The lowest BCUT2D eigenvalue weighted by atomic mass is 10.0. The highest BCUT2D eigenvalue weighted by molar-refractivity contribution is 5.87. The Bertz CT molecular complexity index is 703. The largest absolute Gasteiger partial charge is 0.472 e. The number of fused-ring (bicyclic) bond motifs is 3. The lowest BCUT2D eigenvalue weighted by molar-refractivity contribution is -0.130. The molecular formula is C16H10O2. The molecule has 0 bridgehead atoms. The van der Waals surface area contributed by atoms with E-state index >= 15 is 0 Å². The molecule has 1 aliphatic carbocycles. The van der Waals surface area contributed by atoms with Crippen LogP contribution >= 0.6 is 0 Å². The summed E-state index contributed by atoms with van der Waals surface area (Å²) in [5, 5.41) is 8.54. The van der Waals surface area contributed by atoms with Gasteiger partial charge in [0.1, 0.15) is 0 Å². The van der Waals surface area contributed by atoms with Gasteiger partial charge in [-0.25, -0.2) is 4.79 Å². The third kappa shape index (κ3) is 1.76. The van der Waals surface area contributed by atoms with Crippen molar-refractivity contribution in [1.82, 2.24) is 0 Å². The molecule has 18 heavy (non-hydrogen) atoms. The van der Waals surface area contributed by atoms with Gasteiger partial charge in [0, 0.05) is 11.5 Å². The predicted molar refractivity (Wildman–Crippen MR) is 69.2 cm³/mol. The van der Waals surface area contributed by atoms with Crippen molar-refractivity contribution in [3.8, 4) is 23.0 Å². The lowest BCUT2D eigenvalue weighted by Crippen LogP contribution is -1.88. The van der Waals surface area contributed by atoms with Gasteiger partial charge < -0.3 is 5.11 Å². The molecule has 0 amide bonds. The van der Waals surface area contributed by atoms with E-state index in [9.17, 15) is 4.79 Å². The first-order chi connectivity index (χ1) is 8.74. The van der Waals surface area contributed by atoms with Gasteiger partial charge >= 0.3 is 5.97 Å². The monoisotopic (exact) mass is 234 g/mol. The molecule has 86 valence electrons. The third-order valence-corrected chi connectivity index (χ3v) is 3.11. The van der Waals surface area contributed by atoms with Crippen LogP contribution in [0.1, 0.15) is 16.7 Å². The number of benzene rings is 2. The molecule has 3 rings (SSSR count). The highest BCUT2D eigenvalue weighted by Crippen LogP contribution is 2.36. The van der Waals surface area contributed by atoms with E-state index in [4.69, 9.17) is 5.11 Å². The van der Waals surface area contributed by atoms with Gasteiger partial charge in [-0.15, -0.1) is 0 Å². The van der Waals surface area contributed by atoms with E-state index in [-0.39, 0.29) is 0 Å². The number of rotatable bonds is 0. The van der Waals surface area contributed by atoms with Crippen LogP contribution in [0.5, 0.6) is 0 Å². The van der Waals surface area contributed by atoms with Gasteiger partial charge in [0.15, 0.2) is 0 Å². The first-order valence-corrected chi connectivity index (χ1v) is 5.70. The van der Waals surface area contributed by atoms with Gasteiger partial charge in [-0.05, 0) is 40.8 Å². The molecule has 2 nitrogen and oxygen atoms in total. The zero-order valence-electron chi connectivity index (χ0n) is 9.60. The second kappa shape index (κ2) is 4.05. The average molecular weight is 234 g/mol. The number of carboxylic acid groups (broad SMARTS) is 1. The van der Waals surface area contributed by atoms with Crippen molar-refractivity contribution in [2.45, 2.75) is 6.42 Å². The molecule has 2 aromatic carbocycles. The zero-order chi connectivity index (χ0) is 12.5. The summed E-state index contributed by atoms with van der Waals surface area (Å²) in [4.78, 5) is 10.4. The zero-order valence-corrected chi connectivity index (χ0v) is 9.60. The molecule has 2 aromatic rings. The van der Waals surface area contributed by atoms with Gasteiger partial charge in [0.25, 0.3) is 0 Å². The fourth-order valence-electron chi connectivity index (χ4n) is 2.35. The first-order valence-electron chi connectivity index (χ1n) is 5.70. The van der Waals surface area contributed by atoms with Crippen LogP contribution in [0.25, 0.3) is 11.1 Å². The minimum Gasteiger partial charge on any atom is -0.472 e. The maximum Gasteiger partial charge on any atom is 0.382 e. The second-order valence-electron chi connectivity index (χ2n) is 4.26. The summed E-state index contributed by atoms with van der Waals surface area (Å²) in [7, 11) is 0. The number of aliphatic carboxylic acids is 1. The maximum absolute atomic E-state index is 10.4. The number of hydrogen-bond acceptors (Lipinski definition) is 1. The Balaban J connectivity index is 2.04. The Morgan fingerprint density at radius 3 is 2.67 bits per heavy atom. The molecule has 0 spiro atoms. The summed E-state index contributed by atoms with van der Waals surface area (Å²) in [6.07, 6.45) is 0.897. The van der Waals surface area contributed by atoms with Crippen LogP contribution in [0.2, 0.25) is 0 Å². The maximum atomic E-state index is 10.4. The molecule has 0 heterocycles. The van der Waals surface area contributed by atoms with E-state index in [1.54, 1.807) is 0 Å². The molecule has 0 saturated carbocycles. The summed E-state index contributed by atoms with van der Waals surface area (Å²) in [6.45, 7) is 0. The minimum atomic E-state index is -1.10. The molecule has 0 aromatic heterocycles. The highest BCUT2D eigenvalue weighted by atomic mass is 16.4. The van der Waals surface area contributed by atoms with Crippen LogP contribution < -0.4 is 0 Å². The van der Waals surface area contributed by atoms with Crippen LogP contribution in [-0.4, -0.2) is 11.1 Å². The minimum absolute atomic E-state index is 0.754.